The minimum atomic E-state index is -3.58. The molecular formula is C12H13BrClN3O2S. The summed E-state index contributed by atoms with van der Waals surface area (Å²) >= 11 is 9.18. The second kappa shape index (κ2) is 6.71. The lowest BCUT2D eigenvalue weighted by molar-refractivity contribution is 0.553. The fourth-order valence-electron chi connectivity index (χ4n) is 1.65. The van der Waals surface area contributed by atoms with E-state index in [2.05, 4.69) is 25.8 Å². The van der Waals surface area contributed by atoms with E-state index in [4.69, 9.17) is 11.6 Å². The first kappa shape index (κ1) is 15.5. The van der Waals surface area contributed by atoms with Crippen molar-refractivity contribution in [1.82, 2.24) is 14.5 Å². The van der Waals surface area contributed by atoms with Gasteiger partial charge in [0.15, 0.2) is 0 Å². The van der Waals surface area contributed by atoms with Gasteiger partial charge in [-0.2, -0.15) is 5.10 Å². The van der Waals surface area contributed by atoms with E-state index < -0.39 is 10.0 Å². The van der Waals surface area contributed by atoms with Gasteiger partial charge in [0.25, 0.3) is 0 Å². The SMILES string of the molecule is O=S(=O)(NCCCn1cccn1)c1ccc(Br)cc1Cl. The second-order valence-electron chi connectivity index (χ2n) is 4.10. The van der Waals surface area contributed by atoms with Crippen LogP contribution in [-0.2, 0) is 16.6 Å². The first-order valence-electron chi connectivity index (χ1n) is 5.91. The van der Waals surface area contributed by atoms with Crippen LogP contribution in [0.5, 0.6) is 0 Å². The molecule has 0 atom stereocenters. The van der Waals surface area contributed by atoms with Gasteiger partial charge in [-0.15, -0.1) is 0 Å². The number of rotatable bonds is 6. The number of sulfonamides is 1. The van der Waals surface area contributed by atoms with E-state index in [1.54, 1.807) is 23.0 Å². The molecule has 108 valence electrons. The van der Waals surface area contributed by atoms with Crippen LogP contribution in [0, 0.1) is 0 Å². The smallest absolute Gasteiger partial charge is 0.242 e. The van der Waals surface area contributed by atoms with Crippen molar-refractivity contribution in [2.75, 3.05) is 6.54 Å². The Balaban J connectivity index is 1.93. The van der Waals surface area contributed by atoms with Gasteiger partial charge in [0.05, 0.1) is 5.02 Å². The molecule has 1 N–H and O–H groups in total. The highest BCUT2D eigenvalue weighted by Crippen LogP contribution is 2.24. The molecule has 2 aromatic rings. The number of halogens is 2. The number of aromatic nitrogens is 2. The third-order valence-electron chi connectivity index (χ3n) is 2.60. The van der Waals surface area contributed by atoms with E-state index in [1.165, 1.54) is 6.07 Å². The molecule has 1 aromatic heterocycles. The van der Waals surface area contributed by atoms with Crippen molar-refractivity contribution in [3.05, 3.63) is 46.2 Å². The summed E-state index contributed by atoms with van der Waals surface area (Å²) < 4.78 is 29.2. The number of aryl methyl sites for hydroxylation is 1. The third kappa shape index (κ3) is 4.05. The lowest BCUT2D eigenvalue weighted by Crippen LogP contribution is -2.25. The van der Waals surface area contributed by atoms with Gasteiger partial charge in [0.1, 0.15) is 4.90 Å². The first-order valence-corrected chi connectivity index (χ1v) is 8.56. The van der Waals surface area contributed by atoms with Crippen LogP contribution >= 0.6 is 27.5 Å². The van der Waals surface area contributed by atoms with Crippen LogP contribution in [0.25, 0.3) is 0 Å². The molecule has 1 aromatic carbocycles. The van der Waals surface area contributed by atoms with Gasteiger partial charge < -0.3 is 0 Å². The Bertz CT molecular complexity index is 674. The molecule has 1 heterocycles. The number of nitrogens with one attached hydrogen (secondary N) is 1. The molecule has 0 fully saturated rings. The molecule has 0 radical (unpaired) electrons. The van der Waals surface area contributed by atoms with E-state index >= 15 is 0 Å². The first-order chi connectivity index (χ1) is 9.49. The van der Waals surface area contributed by atoms with Crippen LogP contribution in [0.2, 0.25) is 5.02 Å². The zero-order chi connectivity index (χ0) is 14.6. The van der Waals surface area contributed by atoms with E-state index in [9.17, 15) is 8.42 Å². The number of hydrogen-bond donors (Lipinski definition) is 1. The summed E-state index contributed by atoms with van der Waals surface area (Å²) in [6, 6.07) is 6.50. The number of hydrogen-bond acceptors (Lipinski definition) is 3. The molecule has 5 nitrogen and oxygen atoms in total. The maximum atomic E-state index is 12.1. The average molecular weight is 379 g/mol. The summed E-state index contributed by atoms with van der Waals surface area (Å²) in [5.74, 6) is 0. The van der Waals surface area contributed by atoms with Crippen molar-refractivity contribution in [2.24, 2.45) is 0 Å². The van der Waals surface area contributed by atoms with Crippen molar-refractivity contribution in [3.8, 4) is 0 Å². The Kier molecular flexibility index (Phi) is 5.20. The summed E-state index contributed by atoms with van der Waals surface area (Å²) in [5.41, 5.74) is 0. The van der Waals surface area contributed by atoms with Gasteiger partial charge in [0, 0.05) is 30.0 Å². The highest BCUT2D eigenvalue weighted by atomic mass is 79.9. The zero-order valence-electron chi connectivity index (χ0n) is 10.5. The van der Waals surface area contributed by atoms with E-state index in [0.717, 1.165) is 4.47 Å². The standard InChI is InChI=1S/C12H13BrClN3O2S/c13-10-3-4-12(11(14)9-10)20(18,19)16-6-2-8-17-7-1-5-15-17/h1,3-5,7,9,16H,2,6,8H2. The Labute approximate surface area is 131 Å². The maximum absolute atomic E-state index is 12.1. The molecule has 0 bridgehead atoms. The molecule has 0 saturated heterocycles. The zero-order valence-corrected chi connectivity index (χ0v) is 13.6. The lowest BCUT2D eigenvalue weighted by atomic mass is 10.4. The number of nitrogens with zero attached hydrogens (tertiary/aromatic N) is 2. The molecule has 8 heteroatoms. The topological polar surface area (TPSA) is 64.0 Å². The maximum Gasteiger partial charge on any atom is 0.242 e. The van der Waals surface area contributed by atoms with Crippen LogP contribution in [-0.4, -0.2) is 24.7 Å². The monoisotopic (exact) mass is 377 g/mol. The van der Waals surface area contributed by atoms with Gasteiger partial charge in [-0.3, -0.25) is 4.68 Å². The molecule has 0 aliphatic carbocycles. The van der Waals surface area contributed by atoms with Gasteiger partial charge in [-0.1, -0.05) is 27.5 Å². The summed E-state index contributed by atoms with van der Waals surface area (Å²) in [7, 11) is -3.58. The van der Waals surface area contributed by atoms with Crippen LogP contribution in [0.4, 0.5) is 0 Å². The molecule has 0 unspecified atom stereocenters. The highest BCUT2D eigenvalue weighted by molar-refractivity contribution is 9.10. The lowest BCUT2D eigenvalue weighted by Gasteiger charge is -2.08. The third-order valence-corrected chi connectivity index (χ3v) is 5.04. The summed E-state index contributed by atoms with van der Waals surface area (Å²) in [6.45, 7) is 0.984. The van der Waals surface area contributed by atoms with Gasteiger partial charge in [0.2, 0.25) is 10.0 Å². The Hall–Kier alpha value is -0.890. The molecular weight excluding hydrogens is 366 g/mol. The largest absolute Gasteiger partial charge is 0.273 e. The minimum absolute atomic E-state index is 0.0847. The van der Waals surface area contributed by atoms with Crippen molar-refractivity contribution < 1.29 is 8.42 Å². The van der Waals surface area contributed by atoms with Gasteiger partial charge >= 0.3 is 0 Å². The fourth-order valence-corrected chi connectivity index (χ4v) is 3.76. The van der Waals surface area contributed by atoms with Crippen LogP contribution in [0.1, 0.15) is 6.42 Å². The van der Waals surface area contributed by atoms with Crippen LogP contribution < -0.4 is 4.72 Å². The summed E-state index contributed by atoms with van der Waals surface area (Å²) in [4.78, 5) is 0.0847. The van der Waals surface area contributed by atoms with E-state index in [1.807, 2.05) is 12.3 Å². The Morgan fingerprint density at radius 2 is 2.20 bits per heavy atom. The average Bonchev–Trinajstić information content (AvgIpc) is 2.87. The van der Waals surface area contributed by atoms with Crippen LogP contribution in [0.15, 0.2) is 46.0 Å². The van der Waals surface area contributed by atoms with Crippen LogP contribution in [0.3, 0.4) is 0 Å². The molecule has 0 amide bonds. The summed E-state index contributed by atoms with van der Waals surface area (Å²) in [5, 5.41) is 4.24. The molecule has 0 aliphatic heterocycles. The second-order valence-corrected chi connectivity index (χ2v) is 7.15. The molecule has 20 heavy (non-hydrogen) atoms. The Morgan fingerprint density at radius 3 is 2.85 bits per heavy atom. The normalized spacial score (nSPS) is 11.7. The van der Waals surface area contributed by atoms with Crippen molar-refractivity contribution in [3.63, 3.8) is 0 Å². The fraction of sp³-hybridized carbons (Fsp3) is 0.250. The highest BCUT2D eigenvalue weighted by Gasteiger charge is 2.17. The van der Waals surface area contributed by atoms with E-state index in [0.29, 0.717) is 19.5 Å². The molecule has 0 saturated carbocycles. The van der Waals surface area contributed by atoms with Crippen molar-refractivity contribution in [2.45, 2.75) is 17.9 Å². The number of benzene rings is 1. The minimum Gasteiger partial charge on any atom is -0.273 e. The van der Waals surface area contributed by atoms with Crippen molar-refractivity contribution in [1.29, 1.82) is 0 Å². The predicted molar refractivity (Wildman–Crippen MR) is 81.2 cm³/mol. The van der Waals surface area contributed by atoms with Gasteiger partial charge in [-0.25, -0.2) is 13.1 Å². The van der Waals surface area contributed by atoms with Gasteiger partial charge in [-0.05, 0) is 30.7 Å². The summed E-state index contributed by atoms with van der Waals surface area (Å²) in [6.07, 6.45) is 4.17. The molecule has 0 spiro atoms. The molecule has 0 aliphatic rings. The molecule has 2 rings (SSSR count). The van der Waals surface area contributed by atoms with E-state index in [-0.39, 0.29) is 9.92 Å². The quantitative estimate of drug-likeness (QED) is 0.786. The van der Waals surface area contributed by atoms with Crippen molar-refractivity contribution >= 4 is 37.6 Å². The predicted octanol–water partition coefficient (Wildman–Crippen LogP) is 2.67. The Morgan fingerprint density at radius 1 is 1.40 bits per heavy atom.